The van der Waals surface area contributed by atoms with Crippen molar-refractivity contribution < 1.29 is 0 Å². The number of rotatable bonds is 1. The van der Waals surface area contributed by atoms with E-state index in [9.17, 15) is 0 Å². The van der Waals surface area contributed by atoms with Gasteiger partial charge in [0, 0.05) is 18.8 Å². The summed E-state index contributed by atoms with van der Waals surface area (Å²) in [5, 5.41) is 1.38. The summed E-state index contributed by atoms with van der Waals surface area (Å²) >= 11 is 0. The van der Waals surface area contributed by atoms with Gasteiger partial charge in [-0.1, -0.05) is 18.2 Å². The molecule has 0 fully saturated rings. The highest BCUT2D eigenvalue weighted by molar-refractivity contribution is 5.84. The van der Waals surface area contributed by atoms with Crippen LogP contribution in [0.15, 0.2) is 30.5 Å². The summed E-state index contributed by atoms with van der Waals surface area (Å²) in [6.45, 7) is 1.12. The molecule has 1 aliphatic heterocycles. The Kier molecular flexibility index (Phi) is 1.86. The van der Waals surface area contributed by atoms with Gasteiger partial charge in [0.05, 0.1) is 5.52 Å². The van der Waals surface area contributed by atoms with Gasteiger partial charge in [0.2, 0.25) is 0 Å². The number of hydrogen-bond acceptors (Lipinski definition) is 1. The van der Waals surface area contributed by atoms with Crippen LogP contribution in [0.4, 0.5) is 0 Å². The fourth-order valence-corrected chi connectivity index (χ4v) is 2.55. The van der Waals surface area contributed by atoms with Gasteiger partial charge in [-0.25, -0.2) is 0 Å². The quantitative estimate of drug-likeness (QED) is 0.684. The number of para-hydroxylation sites is 1. The van der Waals surface area contributed by atoms with E-state index in [1.807, 2.05) is 0 Å². The molecule has 0 amide bonds. The molecule has 78 valence electrons. The number of nitrogens with zero attached hydrogens (tertiary/aromatic N) is 2. The minimum Gasteiger partial charge on any atom is -0.346 e. The third kappa shape index (κ3) is 1.29. The molecule has 1 aromatic carbocycles. The minimum atomic E-state index is 0.635. The Bertz CT molecular complexity index is 496. The molecule has 1 aromatic heterocycles. The minimum absolute atomic E-state index is 0.635. The predicted octanol–water partition coefficient (Wildman–Crippen LogP) is 2.13. The highest BCUT2D eigenvalue weighted by Gasteiger charge is 2.21. The van der Waals surface area contributed by atoms with Crippen LogP contribution in [-0.2, 0) is 13.0 Å². The molecular formula is C13H16N2. The summed E-state index contributed by atoms with van der Waals surface area (Å²) in [4.78, 5) is 2.32. The zero-order chi connectivity index (χ0) is 10.4. The van der Waals surface area contributed by atoms with Crippen LogP contribution in [0, 0.1) is 0 Å². The molecule has 3 rings (SSSR count). The maximum Gasteiger partial charge on any atom is 0.0513 e. The topological polar surface area (TPSA) is 8.17 Å². The van der Waals surface area contributed by atoms with Crippen LogP contribution >= 0.6 is 0 Å². The van der Waals surface area contributed by atoms with Gasteiger partial charge in [0.25, 0.3) is 0 Å². The fourth-order valence-electron chi connectivity index (χ4n) is 2.55. The molecule has 2 heterocycles. The first-order chi connectivity index (χ1) is 7.25. The highest BCUT2D eigenvalue weighted by Crippen LogP contribution is 2.27. The first-order valence-corrected chi connectivity index (χ1v) is 5.49. The van der Waals surface area contributed by atoms with Crippen molar-refractivity contribution in [1.82, 2.24) is 9.47 Å². The molecule has 1 atom stereocenters. The van der Waals surface area contributed by atoms with Crippen molar-refractivity contribution in [3.8, 4) is 0 Å². The first kappa shape index (κ1) is 8.98. The van der Waals surface area contributed by atoms with Crippen molar-refractivity contribution in [2.45, 2.75) is 19.0 Å². The Morgan fingerprint density at radius 1 is 1.27 bits per heavy atom. The molecule has 0 aliphatic carbocycles. The second kappa shape index (κ2) is 3.11. The number of hydrogen-bond donors (Lipinski definition) is 0. The largest absolute Gasteiger partial charge is 0.346 e. The Hall–Kier alpha value is -1.28. The summed E-state index contributed by atoms with van der Waals surface area (Å²) in [5.74, 6) is 0. The molecule has 0 radical (unpaired) electrons. The highest BCUT2D eigenvalue weighted by atomic mass is 15.1. The van der Waals surface area contributed by atoms with Crippen molar-refractivity contribution >= 4 is 10.9 Å². The van der Waals surface area contributed by atoms with Crippen LogP contribution in [0.1, 0.15) is 5.56 Å². The lowest BCUT2D eigenvalue weighted by Crippen LogP contribution is -2.36. The van der Waals surface area contributed by atoms with Gasteiger partial charge < -0.3 is 9.47 Å². The fraction of sp³-hybridized carbons (Fsp3) is 0.385. The van der Waals surface area contributed by atoms with Crippen molar-refractivity contribution in [2.75, 3.05) is 14.1 Å². The normalized spacial score (nSPS) is 20.1. The van der Waals surface area contributed by atoms with Crippen molar-refractivity contribution in [3.05, 3.63) is 36.0 Å². The number of likely N-dealkylation sites (N-methyl/N-ethyl adjacent to an activating group) is 1. The van der Waals surface area contributed by atoms with E-state index in [0.717, 1.165) is 6.54 Å². The Morgan fingerprint density at radius 2 is 2.13 bits per heavy atom. The summed E-state index contributed by atoms with van der Waals surface area (Å²) in [6, 6.07) is 9.48. The average molecular weight is 200 g/mol. The van der Waals surface area contributed by atoms with Crippen molar-refractivity contribution in [1.29, 1.82) is 0 Å². The lowest BCUT2D eigenvalue weighted by molar-refractivity contribution is 0.258. The van der Waals surface area contributed by atoms with Gasteiger partial charge in [-0.05, 0) is 37.5 Å². The molecule has 0 N–H and O–H groups in total. The van der Waals surface area contributed by atoms with Crippen molar-refractivity contribution in [2.24, 2.45) is 0 Å². The molecule has 2 aromatic rings. The van der Waals surface area contributed by atoms with Crippen LogP contribution < -0.4 is 0 Å². The summed E-state index contributed by atoms with van der Waals surface area (Å²) in [6.07, 6.45) is 3.39. The van der Waals surface area contributed by atoms with Crippen LogP contribution in [0.3, 0.4) is 0 Å². The molecule has 0 bridgehead atoms. The molecule has 0 spiro atoms. The maximum atomic E-state index is 2.39. The Labute approximate surface area is 90.1 Å². The van der Waals surface area contributed by atoms with Crippen LogP contribution in [0.5, 0.6) is 0 Å². The second-order valence-corrected chi connectivity index (χ2v) is 4.64. The molecule has 0 unspecified atom stereocenters. The van der Waals surface area contributed by atoms with Crippen LogP contribution in [0.2, 0.25) is 0 Å². The average Bonchev–Trinajstić information content (AvgIpc) is 2.64. The van der Waals surface area contributed by atoms with E-state index in [0.29, 0.717) is 6.04 Å². The summed E-state index contributed by atoms with van der Waals surface area (Å²) in [5.41, 5.74) is 2.93. The van der Waals surface area contributed by atoms with E-state index in [4.69, 9.17) is 0 Å². The van der Waals surface area contributed by atoms with E-state index in [1.54, 1.807) is 0 Å². The molecule has 15 heavy (non-hydrogen) atoms. The number of benzene rings is 1. The van der Waals surface area contributed by atoms with Gasteiger partial charge in [0.15, 0.2) is 0 Å². The van der Waals surface area contributed by atoms with Gasteiger partial charge in [-0.15, -0.1) is 0 Å². The molecule has 2 nitrogen and oxygen atoms in total. The molecule has 2 heteroatoms. The molecule has 1 aliphatic rings. The third-order valence-electron chi connectivity index (χ3n) is 3.47. The van der Waals surface area contributed by atoms with Crippen LogP contribution in [0.25, 0.3) is 10.9 Å². The van der Waals surface area contributed by atoms with E-state index < -0.39 is 0 Å². The summed E-state index contributed by atoms with van der Waals surface area (Å²) in [7, 11) is 4.33. The van der Waals surface area contributed by atoms with Crippen LogP contribution in [-0.4, -0.2) is 29.6 Å². The summed E-state index contributed by atoms with van der Waals surface area (Å²) < 4.78 is 2.39. The zero-order valence-corrected chi connectivity index (χ0v) is 9.27. The van der Waals surface area contributed by atoms with E-state index in [1.165, 1.54) is 22.9 Å². The predicted molar refractivity (Wildman–Crippen MR) is 63.1 cm³/mol. The van der Waals surface area contributed by atoms with Gasteiger partial charge in [-0.3, -0.25) is 0 Å². The third-order valence-corrected chi connectivity index (χ3v) is 3.47. The smallest absolute Gasteiger partial charge is 0.0513 e. The van der Waals surface area contributed by atoms with Gasteiger partial charge in [-0.2, -0.15) is 0 Å². The van der Waals surface area contributed by atoms with Gasteiger partial charge >= 0.3 is 0 Å². The van der Waals surface area contributed by atoms with E-state index in [-0.39, 0.29) is 0 Å². The second-order valence-electron chi connectivity index (χ2n) is 4.64. The molecule has 0 saturated heterocycles. The molecule has 0 saturated carbocycles. The monoisotopic (exact) mass is 200 g/mol. The SMILES string of the molecule is CN(C)[C@H]1Cc2cccc3ccn(c23)C1. The van der Waals surface area contributed by atoms with Gasteiger partial charge in [0.1, 0.15) is 0 Å². The van der Waals surface area contributed by atoms with E-state index >= 15 is 0 Å². The Balaban J connectivity index is 2.16. The maximum absolute atomic E-state index is 2.39. The first-order valence-electron chi connectivity index (χ1n) is 5.49. The lowest BCUT2D eigenvalue weighted by Gasteiger charge is -2.29. The lowest BCUT2D eigenvalue weighted by atomic mass is 9.99. The standard InChI is InChI=1S/C13H16N2/c1-14(2)12-8-11-5-3-4-10-6-7-15(9-12)13(10)11/h3-7,12H,8-9H2,1-2H3/t12-/m0/s1. The number of aromatic nitrogens is 1. The zero-order valence-electron chi connectivity index (χ0n) is 9.27. The van der Waals surface area contributed by atoms with Crippen molar-refractivity contribution in [3.63, 3.8) is 0 Å². The van der Waals surface area contributed by atoms with E-state index in [2.05, 4.69) is 54.0 Å². The Morgan fingerprint density at radius 3 is 2.93 bits per heavy atom. The molecular weight excluding hydrogens is 184 g/mol.